The summed E-state index contributed by atoms with van der Waals surface area (Å²) in [5, 5.41) is 3.02. The minimum absolute atomic E-state index is 0.102. The van der Waals surface area contributed by atoms with E-state index in [4.69, 9.17) is 9.47 Å². The third-order valence-electron chi connectivity index (χ3n) is 5.55. The molecule has 1 aromatic carbocycles. The van der Waals surface area contributed by atoms with Gasteiger partial charge in [-0.05, 0) is 44.2 Å². The van der Waals surface area contributed by atoms with Crippen molar-refractivity contribution in [1.29, 1.82) is 0 Å². The number of rotatable bonds is 3. The zero-order valence-electron chi connectivity index (χ0n) is 13.5. The fraction of sp³-hybridized carbons (Fsp3) is 0.611. The Balaban J connectivity index is 1.37. The van der Waals surface area contributed by atoms with Gasteiger partial charge < -0.3 is 19.7 Å². The molecule has 2 N–H and O–H groups in total. The van der Waals surface area contributed by atoms with E-state index in [0.717, 1.165) is 23.9 Å². The molecule has 1 aliphatic carbocycles. The predicted octanol–water partition coefficient (Wildman–Crippen LogP) is 1.59. The molecule has 124 valence electrons. The van der Waals surface area contributed by atoms with Crippen molar-refractivity contribution in [3.8, 4) is 11.5 Å². The summed E-state index contributed by atoms with van der Waals surface area (Å²) in [6.07, 6.45) is 7.97. The summed E-state index contributed by atoms with van der Waals surface area (Å²) in [6.45, 7) is 1.97. The Bertz CT molecular complexity index is 588. The Morgan fingerprint density at radius 2 is 1.96 bits per heavy atom. The van der Waals surface area contributed by atoms with Crippen molar-refractivity contribution in [2.75, 3.05) is 25.2 Å². The summed E-state index contributed by atoms with van der Waals surface area (Å²) < 4.78 is 10.7. The van der Waals surface area contributed by atoms with E-state index in [1.807, 2.05) is 18.2 Å². The summed E-state index contributed by atoms with van der Waals surface area (Å²) in [7, 11) is 0. The molecule has 5 heteroatoms. The molecule has 23 heavy (non-hydrogen) atoms. The first-order chi connectivity index (χ1) is 11.3. The van der Waals surface area contributed by atoms with Crippen LogP contribution < -0.4 is 19.7 Å². The van der Waals surface area contributed by atoms with E-state index in [-0.39, 0.29) is 12.7 Å². The smallest absolute Gasteiger partial charge is 0.279 e. The molecule has 3 atom stereocenters. The zero-order valence-corrected chi connectivity index (χ0v) is 13.5. The first kappa shape index (κ1) is 14.8. The Labute approximate surface area is 136 Å². The zero-order chi connectivity index (χ0) is 15.6. The first-order valence-corrected chi connectivity index (χ1v) is 8.84. The van der Waals surface area contributed by atoms with Crippen molar-refractivity contribution in [3.05, 3.63) is 18.2 Å². The van der Waals surface area contributed by atoms with Gasteiger partial charge in [0.2, 0.25) is 6.79 Å². The molecule has 2 aliphatic heterocycles. The molecule has 1 unspecified atom stereocenters. The maximum atomic E-state index is 12.5. The van der Waals surface area contributed by atoms with Gasteiger partial charge in [0.15, 0.2) is 18.0 Å². The highest BCUT2D eigenvalue weighted by Crippen LogP contribution is 2.34. The molecule has 1 saturated carbocycles. The third kappa shape index (κ3) is 3.15. The van der Waals surface area contributed by atoms with Crippen LogP contribution in [0.1, 0.15) is 38.5 Å². The summed E-state index contributed by atoms with van der Waals surface area (Å²) in [4.78, 5) is 13.9. The molecule has 1 amide bonds. The molecule has 0 aromatic heterocycles. The lowest BCUT2D eigenvalue weighted by molar-refractivity contribution is -0.928. The molecular weight excluding hydrogens is 292 g/mol. The van der Waals surface area contributed by atoms with Crippen LogP contribution in [-0.4, -0.2) is 31.8 Å². The van der Waals surface area contributed by atoms with E-state index in [1.54, 1.807) is 0 Å². The number of fused-ring (bicyclic) bond motifs is 2. The van der Waals surface area contributed by atoms with Crippen LogP contribution in [0, 0.1) is 5.92 Å². The van der Waals surface area contributed by atoms with Gasteiger partial charge in [-0.1, -0.05) is 6.42 Å². The molecule has 3 aliphatic rings. The first-order valence-electron chi connectivity index (χ1n) is 8.84. The largest absolute Gasteiger partial charge is 0.454 e. The van der Waals surface area contributed by atoms with Gasteiger partial charge in [-0.15, -0.1) is 0 Å². The number of hydrogen-bond acceptors (Lipinski definition) is 3. The van der Waals surface area contributed by atoms with Gasteiger partial charge >= 0.3 is 0 Å². The number of benzene rings is 1. The van der Waals surface area contributed by atoms with Gasteiger partial charge in [-0.3, -0.25) is 4.79 Å². The van der Waals surface area contributed by atoms with Crippen LogP contribution in [0.3, 0.4) is 0 Å². The number of quaternary nitrogens is 1. The number of likely N-dealkylation sites (tertiary alicyclic amines) is 1. The number of amides is 1. The third-order valence-corrected chi connectivity index (χ3v) is 5.55. The van der Waals surface area contributed by atoms with Crippen molar-refractivity contribution in [1.82, 2.24) is 0 Å². The van der Waals surface area contributed by atoms with Crippen LogP contribution >= 0.6 is 0 Å². The van der Waals surface area contributed by atoms with Crippen molar-refractivity contribution in [3.63, 3.8) is 0 Å². The average molecular weight is 317 g/mol. The van der Waals surface area contributed by atoms with Gasteiger partial charge in [-0.25, -0.2) is 0 Å². The number of nitrogens with one attached hydrogen (secondary N) is 2. The fourth-order valence-electron chi connectivity index (χ4n) is 4.47. The lowest BCUT2D eigenvalue weighted by Gasteiger charge is -2.40. The highest BCUT2D eigenvalue weighted by atomic mass is 16.7. The summed E-state index contributed by atoms with van der Waals surface area (Å²) in [5.74, 6) is 2.39. The van der Waals surface area contributed by atoms with E-state index in [2.05, 4.69) is 5.32 Å². The second kappa shape index (κ2) is 6.40. The second-order valence-electron chi connectivity index (χ2n) is 6.99. The van der Waals surface area contributed by atoms with Crippen LogP contribution in [0.25, 0.3) is 0 Å². The molecule has 0 radical (unpaired) electrons. The lowest BCUT2D eigenvalue weighted by Crippen LogP contribution is -3.18. The Morgan fingerprint density at radius 1 is 1.13 bits per heavy atom. The number of piperidine rings is 1. The minimum Gasteiger partial charge on any atom is -0.454 e. The number of carbonyl (C=O) groups is 1. The molecule has 0 bridgehead atoms. The van der Waals surface area contributed by atoms with Crippen LogP contribution in [0.4, 0.5) is 5.69 Å². The molecular formula is C18H25N2O3+. The van der Waals surface area contributed by atoms with Crippen molar-refractivity contribution in [2.45, 2.75) is 44.6 Å². The molecule has 0 spiro atoms. The molecule has 5 nitrogen and oxygen atoms in total. The Hall–Kier alpha value is -1.75. The predicted molar refractivity (Wildman–Crippen MR) is 86.9 cm³/mol. The Kier molecular flexibility index (Phi) is 4.12. The van der Waals surface area contributed by atoms with Crippen LogP contribution in [0.5, 0.6) is 11.5 Å². The fourth-order valence-corrected chi connectivity index (χ4v) is 4.47. The number of anilines is 1. The number of carbonyl (C=O) groups excluding carboxylic acids is 1. The quantitative estimate of drug-likeness (QED) is 0.890. The standard InChI is InChI=1S/C18H24N2O3/c21-18(19-14-7-8-16-17(10-14)23-12-22-16)11-20-9-3-5-13-4-1-2-6-15(13)20/h7-8,10,13,15H,1-6,9,11-12H2,(H,19,21)/p+1/t13-,15+/m1/s1. The van der Waals surface area contributed by atoms with Gasteiger partial charge in [0.25, 0.3) is 5.91 Å². The highest BCUT2D eigenvalue weighted by molar-refractivity contribution is 5.91. The van der Waals surface area contributed by atoms with Gasteiger partial charge in [0, 0.05) is 17.7 Å². The second-order valence-corrected chi connectivity index (χ2v) is 6.99. The molecule has 4 rings (SSSR count). The van der Waals surface area contributed by atoms with Crippen molar-refractivity contribution in [2.24, 2.45) is 5.92 Å². The van der Waals surface area contributed by atoms with Crippen LogP contribution in [0.2, 0.25) is 0 Å². The minimum atomic E-state index is 0.102. The maximum absolute atomic E-state index is 12.5. The van der Waals surface area contributed by atoms with Crippen molar-refractivity contribution >= 4 is 11.6 Å². The number of hydrogen-bond donors (Lipinski definition) is 2. The van der Waals surface area contributed by atoms with Crippen LogP contribution in [-0.2, 0) is 4.79 Å². The summed E-state index contributed by atoms with van der Waals surface area (Å²) in [5.41, 5.74) is 0.788. The monoisotopic (exact) mass is 317 g/mol. The van der Waals surface area contributed by atoms with E-state index in [1.165, 1.54) is 43.4 Å². The van der Waals surface area contributed by atoms with Crippen molar-refractivity contribution < 1.29 is 19.2 Å². The van der Waals surface area contributed by atoms with E-state index in [0.29, 0.717) is 18.3 Å². The van der Waals surface area contributed by atoms with E-state index in [9.17, 15) is 4.79 Å². The molecule has 2 heterocycles. The van der Waals surface area contributed by atoms with Crippen LogP contribution in [0.15, 0.2) is 18.2 Å². The maximum Gasteiger partial charge on any atom is 0.279 e. The molecule has 2 fully saturated rings. The van der Waals surface area contributed by atoms with Gasteiger partial charge in [-0.2, -0.15) is 0 Å². The van der Waals surface area contributed by atoms with Gasteiger partial charge in [0.1, 0.15) is 0 Å². The van der Waals surface area contributed by atoms with Gasteiger partial charge in [0.05, 0.1) is 12.6 Å². The van der Waals surface area contributed by atoms with E-state index < -0.39 is 0 Å². The lowest BCUT2D eigenvalue weighted by atomic mass is 9.78. The highest BCUT2D eigenvalue weighted by Gasteiger charge is 2.37. The number of ether oxygens (including phenoxy) is 2. The SMILES string of the molecule is O=C(C[NH+]1CCC[C@H]2CCCC[C@@H]21)Nc1ccc2c(c1)OCO2. The summed E-state index contributed by atoms with van der Waals surface area (Å²) >= 11 is 0. The average Bonchev–Trinajstić information content (AvgIpc) is 3.03. The topological polar surface area (TPSA) is 52.0 Å². The summed E-state index contributed by atoms with van der Waals surface area (Å²) in [6, 6.07) is 6.26. The van der Waals surface area contributed by atoms with E-state index >= 15 is 0 Å². The molecule has 1 aromatic rings. The Morgan fingerprint density at radius 3 is 2.91 bits per heavy atom. The molecule has 1 saturated heterocycles. The normalized spacial score (nSPS) is 29.0.